The van der Waals surface area contributed by atoms with Crippen molar-refractivity contribution in [1.82, 2.24) is 5.32 Å². The Morgan fingerprint density at radius 2 is 1.91 bits per heavy atom. The quantitative estimate of drug-likeness (QED) is 0.846. The molecule has 0 aliphatic rings. The molecular weight excluding hydrogens is 318 g/mol. The third-order valence-electron chi connectivity index (χ3n) is 3.65. The number of thiophene rings is 1. The number of benzene rings is 1. The molecule has 2 rings (SSSR count). The number of hydrogen-bond donors (Lipinski definition) is 2. The van der Waals surface area contributed by atoms with Crippen LogP contribution in [0.4, 0.5) is 0 Å². The van der Waals surface area contributed by atoms with Crippen LogP contribution in [0.2, 0.25) is 4.34 Å². The van der Waals surface area contributed by atoms with Gasteiger partial charge in [0, 0.05) is 11.3 Å². The van der Waals surface area contributed by atoms with E-state index >= 15 is 0 Å². The number of nitrogens with one attached hydrogen (secondary N) is 1. The first-order valence-corrected chi connectivity index (χ1v) is 8.44. The van der Waals surface area contributed by atoms with Crippen molar-refractivity contribution in [2.24, 2.45) is 0 Å². The molecule has 0 spiro atoms. The smallest absolute Gasteiger partial charge is 0.228 e. The highest BCUT2D eigenvalue weighted by Crippen LogP contribution is 2.28. The molecule has 2 N–H and O–H groups in total. The molecule has 0 aliphatic carbocycles. The van der Waals surface area contributed by atoms with Gasteiger partial charge in [-0.1, -0.05) is 41.9 Å². The van der Waals surface area contributed by atoms with Crippen molar-refractivity contribution in [2.45, 2.75) is 38.3 Å². The highest BCUT2D eigenvalue weighted by Gasteiger charge is 2.22. The fraction of sp³-hybridized carbons (Fsp3) is 0.353. The van der Waals surface area contributed by atoms with E-state index in [4.69, 9.17) is 11.6 Å². The lowest BCUT2D eigenvalue weighted by atomic mass is 10.0. The topological polar surface area (TPSA) is 49.3 Å². The summed E-state index contributed by atoms with van der Waals surface area (Å²) in [5, 5.41) is 13.1. The SMILES string of the molecule is CC(C(=O)NC(C)C(O)Cc1ccccc1)c1ccc(Cl)s1. The standard InChI is InChI=1S/C17H20ClNO2S/c1-11(15-8-9-16(18)22-15)17(21)19-12(2)14(20)10-13-6-4-3-5-7-13/h3-9,11-12,14,20H,10H2,1-2H3,(H,19,21). The maximum absolute atomic E-state index is 12.3. The van der Waals surface area contributed by atoms with E-state index in [1.807, 2.05) is 50.2 Å². The lowest BCUT2D eigenvalue weighted by Crippen LogP contribution is -2.43. The molecule has 1 aromatic carbocycles. The van der Waals surface area contributed by atoms with Crippen LogP contribution in [0.1, 0.15) is 30.2 Å². The number of rotatable bonds is 6. The Morgan fingerprint density at radius 1 is 1.23 bits per heavy atom. The fourth-order valence-corrected chi connectivity index (χ4v) is 3.28. The Balaban J connectivity index is 1.90. The molecule has 0 fully saturated rings. The first-order valence-electron chi connectivity index (χ1n) is 7.25. The minimum atomic E-state index is -0.620. The summed E-state index contributed by atoms with van der Waals surface area (Å²) in [5.41, 5.74) is 1.05. The molecule has 0 bridgehead atoms. The van der Waals surface area contributed by atoms with Crippen molar-refractivity contribution in [3.05, 3.63) is 57.2 Å². The van der Waals surface area contributed by atoms with Gasteiger partial charge in [0.25, 0.3) is 0 Å². The van der Waals surface area contributed by atoms with Gasteiger partial charge in [0.1, 0.15) is 0 Å². The number of carbonyl (C=O) groups excluding carboxylic acids is 1. The van der Waals surface area contributed by atoms with Crippen molar-refractivity contribution >= 4 is 28.8 Å². The number of amides is 1. The van der Waals surface area contributed by atoms with Gasteiger partial charge in [0.15, 0.2) is 0 Å². The molecule has 3 atom stereocenters. The molecule has 22 heavy (non-hydrogen) atoms. The number of hydrogen-bond acceptors (Lipinski definition) is 3. The minimum absolute atomic E-state index is 0.0990. The van der Waals surface area contributed by atoms with Gasteiger partial charge in [-0.3, -0.25) is 4.79 Å². The average molecular weight is 338 g/mol. The molecule has 1 heterocycles. The van der Waals surface area contributed by atoms with E-state index in [0.29, 0.717) is 10.8 Å². The molecule has 3 unspecified atom stereocenters. The Labute approximate surface area is 139 Å². The molecule has 118 valence electrons. The lowest BCUT2D eigenvalue weighted by molar-refractivity contribution is -0.123. The van der Waals surface area contributed by atoms with Gasteiger partial charge >= 0.3 is 0 Å². The molecule has 0 saturated heterocycles. The van der Waals surface area contributed by atoms with Crippen molar-refractivity contribution in [1.29, 1.82) is 0 Å². The van der Waals surface area contributed by atoms with Crippen LogP contribution in [0, 0.1) is 0 Å². The molecule has 3 nitrogen and oxygen atoms in total. The van der Waals surface area contributed by atoms with Crippen LogP contribution in [0.3, 0.4) is 0 Å². The van der Waals surface area contributed by atoms with Crippen LogP contribution < -0.4 is 5.32 Å². The van der Waals surface area contributed by atoms with E-state index in [2.05, 4.69) is 5.32 Å². The second-order valence-electron chi connectivity index (χ2n) is 5.42. The van der Waals surface area contributed by atoms with Gasteiger partial charge in [-0.2, -0.15) is 0 Å². The van der Waals surface area contributed by atoms with Gasteiger partial charge in [-0.15, -0.1) is 11.3 Å². The van der Waals surface area contributed by atoms with Gasteiger partial charge in [-0.25, -0.2) is 0 Å². The predicted molar refractivity (Wildman–Crippen MR) is 91.5 cm³/mol. The zero-order valence-corrected chi connectivity index (χ0v) is 14.2. The Kier molecular flexibility index (Phi) is 6.00. The Hall–Kier alpha value is -1.36. The lowest BCUT2D eigenvalue weighted by Gasteiger charge is -2.22. The van der Waals surface area contributed by atoms with Gasteiger partial charge in [0.2, 0.25) is 5.91 Å². The fourth-order valence-electron chi connectivity index (χ4n) is 2.17. The van der Waals surface area contributed by atoms with Crippen molar-refractivity contribution < 1.29 is 9.90 Å². The van der Waals surface area contributed by atoms with E-state index in [1.165, 1.54) is 11.3 Å². The molecule has 5 heteroatoms. The Morgan fingerprint density at radius 3 is 2.50 bits per heavy atom. The maximum atomic E-state index is 12.3. The van der Waals surface area contributed by atoms with E-state index in [-0.39, 0.29) is 17.9 Å². The number of aliphatic hydroxyl groups excluding tert-OH is 1. The van der Waals surface area contributed by atoms with Crippen LogP contribution in [0.15, 0.2) is 42.5 Å². The second kappa shape index (κ2) is 7.77. The monoisotopic (exact) mass is 337 g/mol. The van der Waals surface area contributed by atoms with E-state index in [9.17, 15) is 9.90 Å². The summed E-state index contributed by atoms with van der Waals surface area (Å²) in [6.45, 7) is 3.66. The van der Waals surface area contributed by atoms with Crippen molar-refractivity contribution in [3.8, 4) is 0 Å². The van der Waals surface area contributed by atoms with Crippen molar-refractivity contribution in [2.75, 3.05) is 0 Å². The summed E-state index contributed by atoms with van der Waals surface area (Å²) in [6.07, 6.45) is -0.105. The third kappa shape index (κ3) is 4.57. The van der Waals surface area contributed by atoms with E-state index < -0.39 is 6.10 Å². The average Bonchev–Trinajstić information content (AvgIpc) is 2.93. The van der Waals surface area contributed by atoms with Crippen molar-refractivity contribution in [3.63, 3.8) is 0 Å². The molecule has 0 aliphatic heterocycles. The molecule has 1 aromatic heterocycles. The molecule has 1 amide bonds. The molecule has 0 radical (unpaired) electrons. The summed E-state index contributed by atoms with van der Waals surface area (Å²) in [5.74, 6) is -0.373. The summed E-state index contributed by atoms with van der Waals surface area (Å²) < 4.78 is 0.673. The highest BCUT2D eigenvalue weighted by molar-refractivity contribution is 7.16. The van der Waals surface area contributed by atoms with E-state index in [1.54, 1.807) is 6.07 Å². The molecule has 2 aromatic rings. The van der Waals surface area contributed by atoms with Crippen LogP contribution in [-0.2, 0) is 11.2 Å². The third-order valence-corrected chi connectivity index (χ3v) is 5.06. The normalized spacial score (nSPS) is 15.1. The van der Waals surface area contributed by atoms with Crippen LogP contribution in [0.5, 0.6) is 0 Å². The summed E-state index contributed by atoms with van der Waals surface area (Å²) in [7, 11) is 0. The summed E-state index contributed by atoms with van der Waals surface area (Å²) >= 11 is 7.31. The predicted octanol–water partition coefficient (Wildman–Crippen LogP) is 3.61. The van der Waals surface area contributed by atoms with Crippen LogP contribution >= 0.6 is 22.9 Å². The number of halogens is 1. The van der Waals surface area contributed by atoms with Gasteiger partial charge in [-0.05, 0) is 31.5 Å². The summed E-state index contributed by atoms with van der Waals surface area (Å²) in [6, 6.07) is 13.1. The number of aliphatic hydroxyl groups is 1. The maximum Gasteiger partial charge on any atom is 0.228 e. The Bertz CT molecular complexity index is 614. The largest absolute Gasteiger partial charge is 0.391 e. The van der Waals surface area contributed by atoms with Crippen LogP contribution in [-0.4, -0.2) is 23.2 Å². The van der Waals surface area contributed by atoms with Gasteiger partial charge in [0.05, 0.1) is 22.4 Å². The summed E-state index contributed by atoms with van der Waals surface area (Å²) in [4.78, 5) is 13.2. The van der Waals surface area contributed by atoms with Gasteiger partial charge < -0.3 is 10.4 Å². The zero-order valence-electron chi connectivity index (χ0n) is 12.6. The van der Waals surface area contributed by atoms with E-state index in [0.717, 1.165) is 10.4 Å². The molecule has 0 saturated carbocycles. The number of carbonyl (C=O) groups is 1. The van der Waals surface area contributed by atoms with Crippen LogP contribution in [0.25, 0.3) is 0 Å². The first kappa shape index (κ1) is 17.0. The minimum Gasteiger partial charge on any atom is -0.391 e. The second-order valence-corrected chi connectivity index (χ2v) is 7.16. The first-order chi connectivity index (χ1) is 10.5. The zero-order chi connectivity index (χ0) is 16.1. The highest BCUT2D eigenvalue weighted by atomic mass is 35.5. The molecular formula is C17H20ClNO2S.